The van der Waals surface area contributed by atoms with Crippen LogP contribution in [0, 0.1) is 11.3 Å². The number of hydrogen-bond acceptors (Lipinski definition) is 4. The molecule has 86 valence electrons. The predicted molar refractivity (Wildman–Crippen MR) is 58.8 cm³/mol. The van der Waals surface area contributed by atoms with Crippen molar-refractivity contribution in [1.82, 2.24) is 0 Å². The number of aliphatic hydroxyl groups excluding tert-OH is 3. The molecule has 0 aliphatic carbocycles. The maximum Gasteiger partial charge on any atom is 0.106 e. The molecule has 1 rings (SSSR count). The van der Waals surface area contributed by atoms with Crippen LogP contribution in [0.1, 0.15) is 23.7 Å². The van der Waals surface area contributed by atoms with Crippen LogP contribution in [0.4, 0.5) is 0 Å². The van der Waals surface area contributed by atoms with E-state index in [0.29, 0.717) is 11.1 Å². The van der Waals surface area contributed by atoms with Gasteiger partial charge in [-0.2, -0.15) is 5.26 Å². The highest BCUT2D eigenvalue weighted by Crippen LogP contribution is 2.27. The van der Waals surface area contributed by atoms with Gasteiger partial charge in [0.25, 0.3) is 0 Å². The Labute approximate surface area is 98.3 Å². The maximum atomic E-state index is 9.74. The molecule has 2 atom stereocenters. The van der Waals surface area contributed by atoms with Crippen molar-refractivity contribution in [3.8, 4) is 6.07 Å². The molecule has 0 amide bonds. The van der Waals surface area contributed by atoms with Gasteiger partial charge in [-0.1, -0.05) is 17.7 Å². The fraction of sp³-hybridized carbons (Fsp3) is 0.364. The first-order valence-corrected chi connectivity index (χ1v) is 5.14. The Morgan fingerprint density at radius 2 is 2.06 bits per heavy atom. The molecule has 2 unspecified atom stereocenters. The van der Waals surface area contributed by atoms with Crippen LogP contribution in [0.15, 0.2) is 18.2 Å². The zero-order valence-electron chi connectivity index (χ0n) is 8.47. The second-order valence-corrected chi connectivity index (χ2v) is 3.78. The molecule has 0 heterocycles. The van der Waals surface area contributed by atoms with Gasteiger partial charge >= 0.3 is 0 Å². The van der Waals surface area contributed by atoms with Crippen LogP contribution in [-0.2, 0) is 0 Å². The summed E-state index contributed by atoms with van der Waals surface area (Å²) in [6.07, 6.45) is -2.17. The van der Waals surface area contributed by atoms with Gasteiger partial charge in [0, 0.05) is 17.2 Å². The third-order valence-corrected chi connectivity index (χ3v) is 2.56. The van der Waals surface area contributed by atoms with E-state index in [9.17, 15) is 10.2 Å². The molecule has 0 aromatic heterocycles. The Bertz CT molecular complexity index is 403. The zero-order chi connectivity index (χ0) is 12.1. The molecule has 0 aliphatic rings. The van der Waals surface area contributed by atoms with Crippen molar-refractivity contribution in [3.05, 3.63) is 34.3 Å². The van der Waals surface area contributed by atoms with E-state index < -0.39 is 12.2 Å². The summed E-state index contributed by atoms with van der Waals surface area (Å²) in [5.74, 6) is 0. The minimum absolute atomic E-state index is 0.0670. The Kier molecular flexibility index (Phi) is 4.71. The van der Waals surface area contributed by atoms with Crippen molar-refractivity contribution >= 4 is 11.6 Å². The Hall–Kier alpha value is -1.12. The number of benzene rings is 1. The van der Waals surface area contributed by atoms with Gasteiger partial charge in [-0.05, 0) is 18.6 Å². The maximum absolute atomic E-state index is 9.74. The third-order valence-electron chi connectivity index (χ3n) is 2.24. The van der Waals surface area contributed by atoms with Crippen LogP contribution in [0.3, 0.4) is 0 Å². The van der Waals surface area contributed by atoms with E-state index in [0.717, 1.165) is 0 Å². The molecule has 0 spiro atoms. The van der Waals surface area contributed by atoms with Crippen LogP contribution in [0.2, 0.25) is 5.02 Å². The molecule has 0 fully saturated rings. The molecule has 0 radical (unpaired) electrons. The highest BCUT2D eigenvalue weighted by molar-refractivity contribution is 6.31. The molecule has 5 heteroatoms. The number of nitrogens with zero attached hydrogens (tertiary/aromatic N) is 1. The Balaban J connectivity index is 2.92. The highest BCUT2D eigenvalue weighted by Gasteiger charge is 2.20. The molecule has 16 heavy (non-hydrogen) atoms. The number of rotatable bonds is 4. The average molecular weight is 242 g/mol. The summed E-state index contributed by atoms with van der Waals surface area (Å²) in [4.78, 5) is 0. The monoisotopic (exact) mass is 241 g/mol. The van der Waals surface area contributed by atoms with E-state index in [1.165, 1.54) is 18.2 Å². The molecule has 3 N–H and O–H groups in total. The van der Waals surface area contributed by atoms with E-state index in [1.807, 2.05) is 6.07 Å². The lowest BCUT2D eigenvalue weighted by molar-refractivity contribution is 0.00426. The molecule has 0 saturated carbocycles. The van der Waals surface area contributed by atoms with Crippen LogP contribution >= 0.6 is 11.6 Å². The molecule has 0 aliphatic heterocycles. The standard InChI is InChI=1S/C11H12ClNO3/c12-9-5-7(6-13)1-2-8(9)11(16)10(15)3-4-14/h1-2,5,10-11,14-16H,3-4H2. The van der Waals surface area contributed by atoms with E-state index in [4.69, 9.17) is 22.0 Å². The van der Waals surface area contributed by atoms with Gasteiger partial charge in [0.05, 0.1) is 17.7 Å². The van der Waals surface area contributed by atoms with Crippen molar-refractivity contribution in [2.45, 2.75) is 18.6 Å². The fourth-order valence-electron chi connectivity index (χ4n) is 1.33. The molecular formula is C11H12ClNO3. The average Bonchev–Trinajstić information content (AvgIpc) is 2.28. The third kappa shape index (κ3) is 2.94. The van der Waals surface area contributed by atoms with Gasteiger partial charge in [0.1, 0.15) is 6.10 Å². The van der Waals surface area contributed by atoms with E-state index in [2.05, 4.69) is 0 Å². The van der Waals surface area contributed by atoms with Gasteiger partial charge < -0.3 is 15.3 Å². The molecule has 0 saturated heterocycles. The fourth-order valence-corrected chi connectivity index (χ4v) is 1.63. The summed E-state index contributed by atoms with van der Waals surface area (Å²) in [5.41, 5.74) is 0.735. The van der Waals surface area contributed by atoms with Crippen molar-refractivity contribution in [2.75, 3.05) is 6.61 Å². The van der Waals surface area contributed by atoms with Gasteiger partial charge in [-0.15, -0.1) is 0 Å². The first-order chi connectivity index (χ1) is 7.60. The molecule has 1 aromatic rings. The quantitative estimate of drug-likeness (QED) is 0.734. The van der Waals surface area contributed by atoms with Gasteiger partial charge in [0.2, 0.25) is 0 Å². The van der Waals surface area contributed by atoms with Crippen molar-refractivity contribution in [3.63, 3.8) is 0 Å². The van der Waals surface area contributed by atoms with Crippen molar-refractivity contribution in [2.24, 2.45) is 0 Å². The first kappa shape index (κ1) is 12.9. The summed E-state index contributed by atoms with van der Waals surface area (Å²) in [7, 11) is 0. The minimum Gasteiger partial charge on any atom is -0.396 e. The van der Waals surface area contributed by atoms with E-state index in [-0.39, 0.29) is 18.1 Å². The summed E-state index contributed by atoms with van der Waals surface area (Å²) >= 11 is 5.86. The lowest BCUT2D eigenvalue weighted by atomic mass is 10.0. The van der Waals surface area contributed by atoms with Crippen LogP contribution < -0.4 is 0 Å². The van der Waals surface area contributed by atoms with Crippen molar-refractivity contribution in [1.29, 1.82) is 5.26 Å². The van der Waals surface area contributed by atoms with Crippen LogP contribution in [0.25, 0.3) is 0 Å². The topological polar surface area (TPSA) is 84.5 Å². The van der Waals surface area contributed by atoms with Gasteiger partial charge in [-0.25, -0.2) is 0 Å². The van der Waals surface area contributed by atoms with Gasteiger partial charge in [0.15, 0.2) is 0 Å². The second kappa shape index (κ2) is 5.83. The summed E-state index contributed by atoms with van der Waals surface area (Å²) in [5, 5.41) is 36.7. The number of nitriles is 1. The Morgan fingerprint density at radius 1 is 1.38 bits per heavy atom. The number of halogens is 1. The summed E-state index contributed by atoms with van der Waals surface area (Å²) < 4.78 is 0. The summed E-state index contributed by atoms with van der Waals surface area (Å²) in [6.45, 7) is -0.216. The van der Waals surface area contributed by atoms with Crippen molar-refractivity contribution < 1.29 is 15.3 Å². The lowest BCUT2D eigenvalue weighted by Gasteiger charge is -2.18. The largest absolute Gasteiger partial charge is 0.396 e. The predicted octanol–water partition coefficient (Wildman–Crippen LogP) is 0.988. The number of hydrogen-bond donors (Lipinski definition) is 3. The SMILES string of the molecule is N#Cc1ccc(C(O)C(O)CCO)c(Cl)c1. The number of aliphatic hydroxyl groups is 3. The molecule has 4 nitrogen and oxygen atoms in total. The first-order valence-electron chi connectivity index (χ1n) is 4.76. The molecule has 0 bridgehead atoms. The zero-order valence-corrected chi connectivity index (χ0v) is 9.22. The van der Waals surface area contributed by atoms with Crippen LogP contribution in [-0.4, -0.2) is 28.0 Å². The molecule has 1 aromatic carbocycles. The van der Waals surface area contributed by atoms with E-state index in [1.54, 1.807) is 0 Å². The lowest BCUT2D eigenvalue weighted by Crippen LogP contribution is -2.19. The summed E-state index contributed by atoms with van der Waals surface area (Å²) in [6, 6.07) is 6.34. The second-order valence-electron chi connectivity index (χ2n) is 3.37. The van der Waals surface area contributed by atoms with E-state index >= 15 is 0 Å². The highest BCUT2D eigenvalue weighted by atomic mass is 35.5. The Morgan fingerprint density at radius 3 is 2.56 bits per heavy atom. The van der Waals surface area contributed by atoms with Gasteiger partial charge in [-0.3, -0.25) is 0 Å². The van der Waals surface area contributed by atoms with Crippen LogP contribution in [0.5, 0.6) is 0 Å². The molecular weight excluding hydrogens is 230 g/mol. The normalized spacial score (nSPS) is 14.2. The smallest absolute Gasteiger partial charge is 0.106 e. The minimum atomic E-state index is -1.16.